The molecule has 12 aromatic rings. The van der Waals surface area contributed by atoms with Crippen LogP contribution in [0.2, 0.25) is 0 Å². The van der Waals surface area contributed by atoms with E-state index < -0.39 is 6.10 Å². The number of anilines is 12. The van der Waals surface area contributed by atoms with Crippen LogP contribution in [0, 0.1) is 74.1 Å². The molecule has 1 fully saturated rings. The van der Waals surface area contributed by atoms with E-state index in [0.29, 0.717) is 158 Å². The van der Waals surface area contributed by atoms with Crippen molar-refractivity contribution in [3.63, 3.8) is 0 Å². The van der Waals surface area contributed by atoms with Crippen LogP contribution in [0.25, 0.3) is 0 Å². The number of aromatic nitrogens is 18. The molecule has 0 radical (unpaired) electrons. The second kappa shape index (κ2) is 51.1. The lowest BCUT2D eigenvalue weighted by Crippen LogP contribution is -2.19. The highest BCUT2D eigenvalue weighted by Gasteiger charge is 2.25. The number of hydrogen-bond acceptors (Lipinski definition) is 37. The van der Waals surface area contributed by atoms with E-state index in [2.05, 4.69) is 206 Å². The zero-order valence-electron chi connectivity index (χ0n) is 79.7. The largest absolute Gasteiger partial charge is 0.451 e. The number of terminal acetylenes is 6. The lowest BCUT2D eigenvalue weighted by molar-refractivity contribution is 0.183. The number of nitrogens with zero attached hydrogens (tertiary/aromatic N) is 18. The highest BCUT2D eigenvalue weighted by atomic mass is 16.5. The smallest absolute Gasteiger partial charge is 0.225 e. The fourth-order valence-corrected chi connectivity index (χ4v) is 11.6. The molecule has 0 aliphatic heterocycles. The van der Waals surface area contributed by atoms with Gasteiger partial charge in [0.05, 0.1) is 43.3 Å². The Morgan fingerprint density at radius 3 is 0.772 bits per heavy atom. The standard InChI is InChI=1S/C18H23N5O2.C17H19N5O.2C17H21N5O.2C15H17N5O/c1-5-12-7-15(14(9-20-12)11(3)4)25-16-10-22-18(23-17(16)19)21-8-13(24)6-2;1-4-11-7-14(13(8-19-11)10(2)3)23-15-9-20-17(22-16(15)18)21-12-5-6-12;1-6-12-7-14(13(8-19-12)10(2)3)23-15-9-20-17(21-11(4)5)22-16(15)18;1-5-7-19-17-21-10-15(16(18)22-17)23-14-8-12(6-2)20-9-13(14)11(3)4;2*1-5-10-6-12(11(7-18-10)9(2)3)21-13-8-19-15(17-4)20-14(13)16/h1,7,9-11,13,24H,6,8H2,2-4H3,(H3,19,21,22,23);1,7-10,12H,5-6H2,2-3H3,(H3,18,20,21,22);1,7-11H,2-5H3,(H3,18,20,21,22);2,8-11H,5,7H2,1,3-4H3,(H3,18,19,21,22);2*1,6-9H,2-4H3,(H3,16,17,19,20). The third kappa shape index (κ3) is 31.2. The van der Waals surface area contributed by atoms with E-state index in [-0.39, 0.29) is 76.5 Å². The van der Waals surface area contributed by atoms with Crippen molar-refractivity contribution in [2.24, 2.45) is 0 Å². The first-order valence-corrected chi connectivity index (χ1v) is 43.7. The van der Waals surface area contributed by atoms with Crippen molar-refractivity contribution >= 4 is 70.6 Å². The molecule has 0 amide bonds. The molecule has 0 spiro atoms. The molecule has 37 nitrogen and oxygen atoms in total. The Labute approximate surface area is 794 Å². The molecule has 1 unspecified atom stereocenters. The van der Waals surface area contributed by atoms with Crippen LogP contribution in [0.1, 0.15) is 240 Å². The molecule has 12 aromatic heterocycles. The molecule has 12 heterocycles. The van der Waals surface area contributed by atoms with Gasteiger partial charge in [0.2, 0.25) is 35.7 Å². The monoisotopic (exact) mass is 1840 g/mol. The Hall–Kier alpha value is -16.9. The molecule has 37 heteroatoms. The molecule has 136 heavy (non-hydrogen) atoms. The second-order valence-electron chi connectivity index (χ2n) is 32.3. The van der Waals surface area contributed by atoms with Crippen LogP contribution in [-0.2, 0) is 0 Å². The van der Waals surface area contributed by atoms with Crippen LogP contribution in [0.5, 0.6) is 69.0 Å². The number of nitrogens with one attached hydrogen (secondary N) is 6. The van der Waals surface area contributed by atoms with Crippen LogP contribution in [-0.4, -0.2) is 140 Å². The summed E-state index contributed by atoms with van der Waals surface area (Å²) < 4.78 is 35.2. The Bertz CT molecular complexity index is 6080. The molecule has 1 atom stereocenters. The quantitative estimate of drug-likeness (QED) is 0.0179. The fourth-order valence-electron chi connectivity index (χ4n) is 11.6. The van der Waals surface area contributed by atoms with E-state index in [1.807, 2.05) is 62.3 Å². The predicted octanol–water partition coefficient (Wildman–Crippen LogP) is 16.6. The van der Waals surface area contributed by atoms with Crippen molar-refractivity contribution in [2.75, 3.05) is 93.5 Å². The number of aliphatic hydroxyl groups is 1. The van der Waals surface area contributed by atoms with Crippen molar-refractivity contribution in [1.29, 1.82) is 0 Å². The van der Waals surface area contributed by atoms with E-state index >= 15 is 0 Å². The third-order valence-electron chi connectivity index (χ3n) is 19.3. The highest BCUT2D eigenvalue weighted by Crippen LogP contribution is 2.40. The number of ether oxygens (including phenoxy) is 6. The summed E-state index contributed by atoms with van der Waals surface area (Å²) in [6.07, 6.45) is 55.4. The molecule has 19 N–H and O–H groups in total. The maximum Gasteiger partial charge on any atom is 0.225 e. The number of rotatable bonds is 31. The van der Waals surface area contributed by atoms with Crippen LogP contribution >= 0.6 is 0 Å². The maximum atomic E-state index is 9.57. The summed E-state index contributed by atoms with van der Waals surface area (Å²) in [5.74, 6) is 26.5. The van der Waals surface area contributed by atoms with Gasteiger partial charge in [-0.15, -0.1) is 38.5 Å². The van der Waals surface area contributed by atoms with Gasteiger partial charge in [-0.25, -0.2) is 59.8 Å². The molecular weight excluding hydrogens is 1720 g/mol. The van der Waals surface area contributed by atoms with Crippen LogP contribution in [0.3, 0.4) is 0 Å². The van der Waals surface area contributed by atoms with Gasteiger partial charge in [0.15, 0.2) is 69.4 Å². The summed E-state index contributed by atoms with van der Waals surface area (Å²) in [6, 6.07) is 11.0. The molecule has 1 saturated carbocycles. The number of nitrogen functional groups attached to an aromatic ring is 6. The first kappa shape index (κ1) is 104. The normalized spacial score (nSPS) is 11.2. The summed E-state index contributed by atoms with van der Waals surface area (Å²) in [6.45, 7) is 33.7. The zero-order chi connectivity index (χ0) is 99.4. The van der Waals surface area contributed by atoms with Crippen molar-refractivity contribution in [3.05, 3.63) is 178 Å². The lowest BCUT2D eigenvalue weighted by Gasteiger charge is -2.15. The Kier molecular flexibility index (Phi) is 39.2. The van der Waals surface area contributed by atoms with Gasteiger partial charge in [-0.2, -0.15) is 29.9 Å². The van der Waals surface area contributed by atoms with E-state index in [9.17, 15) is 5.11 Å². The molecule has 0 saturated heterocycles. The van der Waals surface area contributed by atoms with Crippen LogP contribution < -0.4 is 94.7 Å². The Balaban J connectivity index is 0.000000201. The number of nitrogens with two attached hydrogens (primary N) is 6. The minimum absolute atomic E-state index is 0.192. The molecular formula is C99H118N30O7. The summed E-state index contributed by atoms with van der Waals surface area (Å²) in [5.41, 5.74) is 44.2. The molecule has 0 aromatic carbocycles. The maximum absolute atomic E-state index is 9.57. The number of hydrogen-bond donors (Lipinski definition) is 13. The molecule has 13 rings (SSSR count). The average Bonchev–Trinajstić information content (AvgIpc) is 1.62. The van der Waals surface area contributed by atoms with Gasteiger partial charge in [-0.3, -0.25) is 0 Å². The highest BCUT2D eigenvalue weighted by molar-refractivity contribution is 5.59. The molecule has 1 aliphatic carbocycles. The molecule has 1 aliphatic rings. The topological polar surface area (TPSA) is 536 Å². The summed E-state index contributed by atoms with van der Waals surface area (Å²) in [5, 5.41) is 27.5. The van der Waals surface area contributed by atoms with Gasteiger partial charge in [0.25, 0.3) is 0 Å². The molecule has 706 valence electrons. The second-order valence-corrected chi connectivity index (χ2v) is 32.3. The fraction of sp³-hybridized carbons (Fsp3) is 0.333. The van der Waals surface area contributed by atoms with Gasteiger partial charge in [-0.05, 0) is 75.0 Å². The van der Waals surface area contributed by atoms with Gasteiger partial charge in [0, 0.05) is 146 Å². The van der Waals surface area contributed by atoms with Crippen molar-refractivity contribution < 1.29 is 33.5 Å². The van der Waals surface area contributed by atoms with E-state index in [0.717, 1.165) is 59.2 Å². The SMILES string of the molecule is C#Cc1cc(Oc2cnc(NC(C)C)nc2N)c(C(C)C)cn1.C#Cc1cc(Oc2cnc(NC)nc2N)c(C(C)C)cn1.C#Cc1cc(Oc2cnc(NC)nc2N)c(C(C)C)cn1.C#Cc1cc(Oc2cnc(NC3CC3)nc2N)c(C(C)C)cn1.C#Cc1cc(Oc2cnc(NCC(O)CC)nc2N)c(C(C)C)cn1.C#Cc1cc(Oc2cnc(NCCC)nc2N)c(C(C)C)cn1. The van der Waals surface area contributed by atoms with Crippen molar-refractivity contribution in [1.82, 2.24) is 89.7 Å². The summed E-state index contributed by atoms with van der Waals surface area (Å²) >= 11 is 0. The van der Waals surface area contributed by atoms with Crippen molar-refractivity contribution in [3.8, 4) is 143 Å². The number of aliphatic hydroxyl groups excluding tert-OH is 1. The van der Waals surface area contributed by atoms with Crippen LogP contribution in [0.15, 0.2) is 111 Å². The van der Waals surface area contributed by atoms with Crippen molar-refractivity contribution in [2.45, 2.75) is 190 Å². The Morgan fingerprint density at radius 1 is 0.324 bits per heavy atom. The minimum Gasteiger partial charge on any atom is -0.451 e. The third-order valence-corrected chi connectivity index (χ3v) is 19.3. The van der Waals surface area contributed by atoms with E-state index in [1.165, 1.54) is 18.6 Å². The first-order chi connectivity index (χ1) is 65.0. The minimum atomic E-state index is -0.464. The summed E-state index contributed by atoms with van der Waals surface area (Å²) in [7, 11) is 3.43. The lowest BCUT2D eigenvalue weighted by atomic mass is 10.0. The predicted molar refractivity (Wildman–Crippen MR) is 535 cm³/mol. The number of pyridine rings is 6. The average molecular weight is 1840 g/mol. The van der Waals surface area contributed by atoms with Gasteiger partial charge in [-0.1, -0.05) is 132 Å². The summed E-state index contributed by atoms with van der Waals surface area (Å²) in [4.78, 5) is 75.1. The first-order valence-electron chi connectivity index (χ1n) is 43.7. The van der Waals surface area contributed by atoms with Crippen LogP contribution in [0.4, 0.5) is 70.6 Å². The van der Waals surface area contributed by atoms with E-state index in [1.54, 1.807) is 106 Å². The van der Waals surface area contributed by atoms with E-state index in [4.69, 9.17) is 101 Å². The van der Waals surface area contributed by atoms with Gasteiger partial charge >= 0.3 is 0 Å². The molecule has 0 bridgehead atoms. The van der Waals surface area contributed by atoms with Gasteiger partial charge in [0.1, 0.15) is 68.7 Å². The Morgan fingerprint density at radius 2 is 0.551 bits per heavy atom. The van der Waals surface area contributed by atoms with Gasteiger partial charge < -0.3 is 99.8 Å². The zero-order valence-corrected chi connectivity index (χ0v) is 79.7.